The van der Waals surface area contributed by atoms with E-state index in [1.807, 2.05) is 0 Å². The van der Waals surface area contributed by atoms with Crippen LogP contribution in [0.1, 0.15) is 78.6 Å². The summed E-state index contributed by atoms with van der Waals surface area (Å²) in [7, 11) is 0. The molecule has 0 aliphatic carbocycles. The molecule has 0 amide bonds. The van der Waals surface area contributed by atoms with Gasteiger partial charge in [-0.05, 0) is 24.7 Å². The Morgan fingerprint density at radius 1 is 1.00 bits per heavy atom. The van der Waals surface area contributed by atoms with Crippen molar-refractivity contribution < 1.29 is 9.90 Å². The van der Waals surface area contributed by atoms with Crippen LogP contribution in [-0.4, -0.2) is 11.1 Å². The Morgan fingerprint density at radius 2 is 1.56 bits per heavy atom. The molecule has 1 atom stereocenters. The predicted octanol–water partition coefficient (Wildman–Crippen LogP) is 4.63. The van der Waals surface area contributed by atoms with E-state index >= 15 is 0 Å². The standard InChI is InChI=1S/C14H28O2/c1-4-6-8-11-14(3,10-7-5-2)12-9-13(15)16/h4-12H2,1-3H3,(H,15,16). The minimum Gasteiger partial charge on any atom is -0.481 e. The van der Waals surface area contributed by atoms with Crippen LogP contribution in [-0.2, 0) is 4.79 Å². The smallest absolute Gasteiger partial charge is 0.303 e. The molecule has 16 heavy (non-hydrogen) atoms. The van der Waals surface area contributed by atoms with Crippen molar-refractivity contribution >= 4 is 5.97 Å². The van der Waals surface area contributed by atoms with Crippen LogP contribution in [0.4, 0.5) is 0 Å². The molecule has 2 heteroatoms. The fraction of sp³-hybridized carbons (Fsp3) is 0.929. The normalized spacial score (nSPS) is 14.7. The van der Waals surface area contributed by atoms with Gasteiger partial charge in [-0.2, -0.15) is 0 Å². The van der Waals surface area contributed by atoms with E-state index in [0.29, 0.717) is 6.42 Å². The third kappa shape index (κ3) is 7.72. The van der Waals surface area contributed by atoms with Crippen LogP contribution < -0.4 is 0 Å². The van der Waals surface area contributed by atoms with Crippen molar-refractivity contribution in [1.29, 1.82) is 0 Å². The van der Waals surface area contributed by atoms with Crippen LogP contribution in [0.15, 0.2) is 0 Å². The van der Waals surface area contributed by atoms with E-state index in [1.54, 1.807) is 0 Å². The van der Waals surface area contributed by atoms with Crippen LogP contribution in [0.25, 0.3) is 0 Å². The van der Waals surface area contributed by atoms with Gasteiger partial charge in [0.05, 0.1) is 0 Å². The molecule has 96 valence electrons. The molecule has 0 aromatic carbocycles. The highest BCUT2D eigenvalue weighted by Gasteiger charge is 2.23. The molecule has 0 saturated heterocycles. The zero-order chi connectivity index (χ0) is 12.4. The van der Waals surface area contributed by atoms with Gasteiger partial charge in [-0.15, -0.1) is 0 Å². The molecule has 0 aromatic rings. The average molecular weight is 228 g/mol. The minimum absolute atomic E-state index is 0.254. The number of hydrogen-bond donors (Lipinski definition) is 1. The Hall–Kier alpha value is -0.530. The quantitative estimate of drug-likeness (QED) is 0.554. The first kappa shape index (κ1) is 15.5. The summed E-state index contributed by atoms with van der Waals surface area (Å²) in [6, 6.07) is 0. The number of rotatable bonds is 10. The van der Waals surface area contributed by atoms with Gasteiger partial charge in [-0.3, -0.25) is 4.79 Å². The summed E-state index contributed by atoms with van der Waals surface area (Å²) in [4.78, 5) is 10.6. The Morgan fingerprint density at radius 3 is 2.06 bits per heavy atom. The largest absolute Gasteiger partial charge is 0.481 e. The lowest BCUT2D eigenvalue weighted by Crippen LogP contribution is -2.18. The van der Waals surface area contributed by atoms with Crippen LogP contribution in [0.5, 0.6) is 0 Å². The van der Waals surface area contributed by atoms with E-state index in [9.17, 15) is 4.79 Å². The first-order valence-electron chi connectivity index (χ1n) is 6.76. The van der Waals surface area contributed by atoms with Crippen molar-refractivity contribution in [1.82, 2.24) is 0 Å². The van der Waals surface area contributed by atoms with Gasteiger partial charge in [-0.25, -0.2) is 0 Å². The molecule has 0 radical (unpaired) electrons. The van der Waals surface area contributed by atoms with Gasteiger partial charge in [0.25, 0.3) is 0 Å². The SMILES string of the molecule is CCCCCC(C)(CCCC)CCC(=O)O. The Bertz CT molecular complexity index is 189. The highest BCUT2D eigenvalue weighted by Crippen LogP contribution is 2.35. The maximum Gasteiger partial charge on any atom is 0.303 e. The van der Waals surface area contributed by atoms with E-state index in [4.69, 9.17) is 5.11 Å². The van der Waals surface area contributed by atoms with Crippen LogP contribution in [0, 0.1) is 5.41 Å². The first-order chi connectivity index (χ1) is 7.54. The number of carboxylic acid groups (broad SMARTS) is 1. The maximum atomic E-state index is 10.6. The Kier molecular flexibility index (Phi) is 8.32. The summed E-state index contributed by atoms with van der Waals surface area (Å²) in [6.45, 7) is 6.67. The molecule has 0 aromatic heterocycles. The van der Waals surface area contributed by atoms with Crippen LogP contribution in [0.2, 0.25) is 0 Å². The van der Waals surface area contributed by atoms with E-state index in [0.717, 1.165) is 6.42 Å². The molecule has 0 heterocycles. The average Bonchev–Trinajstić information content (AvgIpc) is 2.24. The fourth-order valence-electron chi connectivity index (χ4n) is 2.19. The number of carboxylic acids is 1. The molecule has 0 fully saturated rings. The van der Waals surface area contributed by atoms with Gasteiger partial charge < -0.3 is 5.11 Å². The van der Waals surface area contributed by atoms with Gasteiger partial charge >= 0.3 is 5.97 Å². The molecule has 0 aliphatic rings. The number of unbranched alkanes of at least 4 members (excludes halogenated alkanes) is 3. The highest BCUT2D eigenvalue weighted by atomic mass is 16.4. The summed E-state index contributed by atoms with van der Waals surface area (Å²) in [5.41, 5.74) is 0.254. The van der Waals surface area contributed by atoms with E-state index in [-0.39, 0.29) is 5.41 Å². The number of carbonyl (C=O) groups is 1. The molecule has 0 aliphatic heterocycles. The molecule has 0 spiro atoms. The van der Waals surface area contributed by atoms with E-state index in [1.165, 1.54) is 44.9 Å². The van der Waals surface area contributed by atoms with Crippen molar-refractivity contribution in [2.75, 3.05) is 0 Å². The molecule has 0 rings (SSSR count). The third-order valence-corrected chi connectivity index (χ3v) is 3.46. The second-order valence-electron chi connectivity index (χ2n) is 5.27. The summed E-state index contributed by atoms with van der Waals surface area (Å²) in [5, 5.41) is 8.77. The lowest BCUT2D eigenvalue weighted by atomic mass is 9.76. The van der Waals surface area contributed by atoms with Crippen molar-refractivity contribution in [2.24, 2.45) is 5.41 Å². The van der Waals surface area contributed by atoms with Crippen molar-refractivity contribution in [3.8, 4) is 0 Å². The third-order valence-electron chi connectivity index (χ3n) is 3.46. The Labute approximate surface area is 100 Å². The second kappa shape index (κ2) is 8.60. The number of aliphatic carboxylic acids is 1. The zero-order valence-corrected chi connectivity index (χ0v) is 11.2. The predicted molar refractivity (Wildman–Crippen MR) is 68.6 cm³/mol. The monoisotopic (exact) mass is 228 g/mol. The van der Waals surface area contributed by atoms with Gasteiger partial charge in [0.1, 0.15) is 0 Å². The first-order valence-corrected chi connectivity index (χ1v) is 6.76. The molecule has 1 N–H and O–H groups in total. The topological polar surface area (TPSA) is 37.3 Å². The van der Waals surface area contributed by atoms with Crippen LogP contribution in [0.3, 0.4) is 0 Å². The number of hydrogen-bond acceptors (Lipinski definition) is 1. The fourth-order valence-corrected chi connectivity index (χ4v) is 2.19. The maximum absolute atomic E-state index is 10.6. The van der Waals surface area contributed by atoms with E-state index in [2.05, 4.69) is 20.8 Å². The summed E-state index contributed by atoms with van der Waals surface area (Å²) in [6.07, 6.45) is 9.72. The molecule has 0 saturated carbocycles. The highest BCUT2D eigenvalue weighted by molar-refractivity contribution is 5.66. The van der Waals surface area contributed by atoms with Gasteiger partial charge in [0.15, 0.2) is 0 Å². The minimum atomic E-state index is -0.654. The molecular formula is C14H28O2. The summed E-state index contributed by atoms with van der Waals surface area (Å²) < 4.78 is 0. The lowest BCUT2D eigenvalue weighted by Gasteiger charge is -2.29. The van der Waals surface area contributed by atoms with Gasteiger partial charge in [-0.1, -0.05) is 52.9 Å². The Balaban J connectivity index is 4.06. The van der Waals surface area contributed by atoms with Crippen molar-refractivity contribution in [2.45, 2.75) is 78.6 Å². The molecule has 2 nitrogen and oxygen atoms in total. The van der Waals surface area contributed by atoms with Crippen molar-refractivity contribution in [3.63, 3.8) is 0 Å². The van der Waals surface area contributed by atoms with Crippen LogP contribution >= 0.6 is 0 Å². The summed E-state index contributed by atoms with van der Waals surface area (Å²) in [5.74, 6) is -0.654. The molecular weight excluding hydrogens is 200 g/mol. The van der Waals surface area contributed by atoms with Gasteiger partial charge in [0.2, 0.25) is 0 Å². The van der Waals surface area contributed by atoms with E-state index < -0.39 is 5.97 Å². The summed E-state index contributed by atoms with van der Waals surface area (Å²) >= 11 is 0. The lowest BCUT2D eigenvalue weighted by molar-refractivity contribution is -0.137. The van der Waals surface area contributed by atoms with Crippen molar-refractivity contribution in [3.05, 3.63) is 0 Å². The second-order valence-corrected chi connectivity index (χ2v) is 5.27. The molecule has 1 unspecified atom stereocenters. The van der Waals surface area contributed by atoms with Gasteiger partial charge in [0, 0.05) is 6.42 Å². The molecule has 0 bridgehead atoms. The zero-order valence-electron chi connectivity index (χ0n) is 11.2.